The molecule has 0 radical (unpaired) electrons. The number of pyridine rings is 1. The average molecular weight is 210 g/mol. The molecule has 0 saturated carbocycles. The second kappa shape index (κ2) is 4.45. The van der Waals surface area contributed by atoms with Crippen molar-refractivity contribution in [2.45, 2.75) is 0 Å². The predicted octanol–water partition coefficient (Wildman–Crippen LogP) is 2.63. The number of aromatic nitrogens is 1. The molecule has 2 rings (SSSR count). The first kappa shape index (κ1) is 10.2. The SMILES string of the molecule is COc1ccc(C#N)c(-c2ccccn2)c1. The molecular weight excluding hydrogens is 200 g/mol. The maximum absolute atomic E-state index is 9.02. The fourth-order valence-corrected chi connectivity index (χ4v) is 1.48. The first-order valence-electron chi connectivity index (χ1n) is 4.84. The highest BCUT2D eigenvalue weighted by Crippen LogP contribution is 2.25. The fourth-order valence-electron chi connectivity index (χ4n) is 1.48. The van der Waals surface area contributed by atoms with E-state index >= 15 is 0 Å². The van der Waals surface area contributed by atoms with Crippen molar-refractivity contribution in [1.29, 1.82) is 5.26 Å². The molecule has 1 aromatic carbocycles. The molecule has 16 heavy (non-hydrogen) atoms. The van der Waals surface area contributed by atoms with Crippen LogP contribution in [-0.4, -0.2) is 12.1 Å². The molecule has 3 heteroatoms. The van der Waals surface area contributed by atoms with E-state index in [0.717, 1.165) is 17.0 Å². The Morgan fingerprint density at radius 3 is 2.75 bits per heavy atom. The normalized spacial score (nSPS) is 9.50. The van der Waals surface area contributed by atoms with E-state index in [-0.39, 0.29) is 0 Å². The first-order chi connectivity index (χ1) is 7.85. The molecular formula is C13H10N2O. The van der Waals surface area contributed by atoms with E-state index in [1.165, 1.54) is 0 Å². The van der Waals surface area contributed by atoms with Crippen molar-refractivity contribution in [2.24, 2.45) is 0 Å². The molecule has 0 bridgehead atoms. The van der Waals surface area contributed by atoms with E-state index in [0.29, 0.717) is 5.56 Å². The van der Waals surface area contributed by atoms with E-state index in [1.807, 2.05) is 24.3 Å². The Hall–Kier alpha value is -2.34. The molecule has 0 amide bonds. The third-order valence-corrected chi connectivity index (χ3v) is 2.29. The lowest BCUT2D eigenvalue weighted by atomic mass is 10.0. The largest absolute Gasteiger partial charge is 0.497 e. The van der Waals surface area contributed by atoms with Crippen molar-refractivity contribution < 1.29 is 4.74 Å². The Kier molecular flexibility index (Phi) is 2.84. The topological polar surface area (TPSA) is 45.9 Å². The smallest absolute Gasteiger partial charge is 0.119 e. The van der Waals surface area contributed by atoms with Gasteiger partial charge in [0.15, 0.2) is 0 Å². The molecule has 3 nitrogen and oxygen atoms in total. The molecule has 2 aromatic rings. The average Bonchev–Trinajstić information content (AvgIpc) is 2.39. The van der Waals surface area contributed by atoms with Crippen LogP contribution in [0.5, 0.6) is 5.75 Å². The maximum atomic E-state index is 9.02. The van der Waals surface area contributed by atoms with Crippen LogP contribution < -0.4 is 4.74 Å². The van der Waals surface area contributed by atoms with Crippen LogP contribution in [-0.2, 0) is 0 Å². The number of benzene rings is 1. The van der Waals surface area contributed by atoms with Crippen molar-refractivity contribution in [3.8, 4) is 23.1 Å². The van der Waals surface area contributed by atoms with Crippen LogP contribution in [0.15, 0.2) is 42.6 Å². The van der Waals surface area contributed by atoms with Gasteiger partial charge in [-0.25, -0.2) is 0 Å². The number of hydrogen-bond acceptors (Lipinski definition) is 3. The van der Waals surface area contributed by atoms with Crippen LogP contribution >= 0.6 is 0 Å². The van der Waals surface area contributed by atoms with Gasteiger partial charge >= 0.3 is 0 Å². The summed E-state index contributed by atoms with van der Waals surface area (Å²) in [6.07, 6.45) is 1.70. The van der Waals surface area contributed by atoms with E-state index in [4.69, 9.17) is 10.00 Å². The zero-order valence-corrected chi connectivity index (χ0v) is 8.84. The summed E-state index contributed by atoms with van der Waals surface area (Å²) in [7, 11) is 1.60. The van der Waals surface area contributed by atoms with Crippen molar-refractivity contribution in [2.75, 3.05) is 7.11 Å². The summed E-state index contributed by atoms with van der Waals surface area (Å²) in [5, 5.41) is 9.02. The van der Waals surface area contributed by atoms with Gasteiger partial charge < -0.3 is 4.74 Å². The molecule has 0 aliphatic rings. The highest BCUT2D eigenvalue weighted by Gasteiger charge is 2.06. The van der Waals surface area contributed by atoms with Crippen molar-refractivity contribution in [1.82, 2.24) is 4.98 Å². The van der Waals surface area contributed by atoms with Gasteiger partial charge in [-0.05, 0) is 30.3 Å². The molecule has 0 N–H and O–H groups in total. The lowest BCUT2D eigenvalue weighted by molar-refractivity contribution is 0.415. The van der Waals surface area contributed by atoms with E-state index in [1.54, 1.807) is 25.4 Å². The minimum atomic E-state index is 0.597. The minimum Gasteiger partial charge on any atom is -0.497 e. The van der Waals surface area contributed by atoms with Crippen LogP contribution in [0.25, 0.3) is 11.3 Å². The molecule has 0 atom stereocenters. The van der Waals surface area contributed by atoms with Crippen LogP contribution in [0.4, 0.5) is 0 Å². The van der Waals surface area contributed by atoms with Crippen LogP contribution in [0.3, 0.4) is 0 Å². The number of nitriles is 1. The molecule has 0 aliphatic carbocycles. The second-order valence-corrected chi connectivity index (χ2v) is 3.24. The van der Waals surface area contributed by atoms with E-state index < -0.39 is 0 Å². The molecule has 0 aliphatic heterocycles. The molecule has 0 fully saturated rings. The summed E-state index contributed by atoms with van der Waals surface area (Å²) in [5.41, 5.74) is 2.17. The Balaban J connectivity index is 2.59. The van der Waals surface area contributed by atoms with Gasteiger partial charge in [0.05, 0.1) is 24.4 Å². The summed E-state index contributed by atoms with van der Waals surface area (Å²) in [4.78, 5) is 4.23. The lowest BCUT2D eigenvalue weighted by Gasteiger charge is -2.05. The fraction of sp³-hybridized carbons (Fsp3) is 0.0769. The van der Waals surface area contributed by atoms with Crippen molar-refractivity contribution in [3.05, 3.63) is 48.2 Å². The number of methoxy groups -OCH3 is 1. The zero-order chi connectivity index (χ0) is 11.4. The summed E-state index contributed by atoms with van der Waals surface area (Å²) >= 11 is 0. The molecule has 1 heterocycles. The summed E-state index contributed by atoms with van der Waals surface area (Å²) < 4.78 is 5.14. The Morgan fingerprint density at radius 1 is 1.25 bits per heavy atom. The van der Waals surface area contributed by atoms with Crippen LogP contribution in [0.2, 0.25) is 0 Å². The Morgan fingerprint density at radius 2 is 2.12 bits per heavy atom. The van der Waals surface area contributed by atoms with Crippen molar-refractivity contribution in [3.63, 3.8) is 0 Å². The minimum absolute atomic E-state index is 0.597. The molecule has 0 unspecified atom stereocenters. The second-order valence-electron chi connectivity index (χ2n) is 3.24. The third-order valence-electron chi connectivity index (χ3n) is 2.29. The number of ether oxygens (including phenoxy) is 1. The molecule has 78 valence electrons. The van der Waals surface area contributed by atoms with Gasteiger partial charge in [0.1, 0.15) is 5.75 Å². The standard InChI is InChI=1S/C13H10N2O/c1-16-11-6-5-10(9-14)12(8-11)13-4-2-3-7-15-13/h2-8H,1H3. The highest BCUT2D eigenvalue weighted by molar-refractivity contribution is 5.68. The summed E-state index contributed by atoms with van der Waals surface area (Å²) in [6, 6.07) is 13.1. The summed E-state index contributed by atoms with van der Waals surface area (Å²) in [5.74, 6) is 0.722. The Labute approximate surface area is 93.9 Å². The van der Waals surface area contributed by atoms with Gasteiger partial charge in [0, 0.05) is 11.8 Å². The zero-order valence-electron chi connectivity index (χ0n) is 8.84. The van der Waals surface area contributed by atoms with Crippen LogP contribution in [0.1, 0.15) is 5.56 Å². The quantitative estimate of drug-likeness (QED) is 0.765. The van der Waals surface area contributed by atoms with Gasteiger partial charge in [-0.2, -0.15) is 5.26 Å². The number of rotatable bonds is 2. The summed E-state index contributed by atoms with van der Waals surface area (Å²) in [6.45, 7) is 0. The van der Waals surface area contributed by atoms with Gasteiger partial charge in [0.25, 0.3) is 0 Å². The van der Waals surface area contributed by atoms with Gasteiger partial charge in [-0.1, -0.05) is 6.07 Å². The van der Waals surface area contributed by atoms with Gasteiger partial charge in [-0.15, -0.1) is 0 Å². The van der Waals surface area contributed by atoms with Crippen LogP contribution in [0, 0.1) is 11.3 Å². The molecule has 0 saturated heterocycles. The number of hydrogen-bond donors (Lipinski definition) is 0. The highest BCUT2D eigenvalue weighted by atomic mass is 16.5. The molecule has 0 spiro atoms. The van der Waals surface area contributed by atoms with Gasteiger partial charge in [0.2, 0.25) is 0 Å². The molecule has 1 aromatic heterocycles. The van der Waals surface area contributed by atoms with E-state index in [2.05, 4.69) is 11.1 Å². The number of nitrogens with zero attached hydrogens (tertiary/aromatic N) is 2. The predicted molar refractivity (Wildman–Crippen MR) is 60.9 cm³/mol. The maximum Gasteiger partial charge on any atom is 0.119 e. The first-order valence-corrected chi connectivity index (χ1v) is 4.84. The third kappa shape index (κ3) is 1.86. The van der Waals surface area contributed by atoms with Crippen molar-refractivity contribution >= 4 is 0 Å². The Bertz CT molecular complexity index is 529. The lowest BCUT2D eigenvalue weighted by Crippen LogP contribution is -1.89. The van der Waals surface area contributed by atoms with Gasteiger partial charge in [-0.3, -0.25) is 4.98 Å². The monoisotopic (exact) mass is 210 g/mol. The van der Waals surface area contributed by atoms with E-state index in [9.17, 15) is 0 Å².